The number of benzene rings is 1. The van der Waals surface area contributed by atoms with Crippen LogP contribution in [0.15, 0.2) is 34.1 Å². The summed E-state index contributed by atoms with van der Waals surface area (Å²) >= 11 is 1.49. The van der Waals surface area contributed by atoms with Gasteiger partial charge in [-0.1, -0.05) is 12.8 Å². The Morgan fingerprint density at radius 2 is 1.79 bits per heavy atom. The summed E-state index contributed by atoms with van der Waals surface area (Å²) in [5, 5.41) is 0. The molecule has 0 heterocycles. The second kappa shape index (κ2) is 6.09. The normalized spacial score (nSPS) is 16.7. The zero-order valence-electron chi connectivity index (χ0n) is 11.0. The van der Waals surface area contributed by atoms with Crippen molar-refractivity contribution in [3.63, 3.8) is 0 Å². The van der Waals surface area contributed by atoms with Crippen LogP contribution in [0.2, 0.25) is 0 Å². The molecule has 0 atom stereocenters. The summed E-state index contributed by atoms with van der Waals surface area (Å²) in [6.07, 6.45) is 5.60. The third-order valence-corrected chi connectivity index (χ3v) is 5.61. The number of thioether (sulfide) groups is 1. The fourth-order valence-electron chi connectivity index (χ4n) is 2.30. The molecule has 19 heavy (non-hydrogen) atoms. The fourth-order valence-corrected chi connectivity index (χ4v) is 3.81. The molecule has 0 aliphatic heterocycles. The van der Waals surface area contributed by atoms with E-state index in [0.717, 1.165) is 17.7 Å². The molecule has 1 saturated carbocycles. The van der Waals surface area contributed by atoms with Crippen molar-refractivity contribution >= 4 is 27.4 Å². The molecule has 0 N–H and O–H groups in total. The number of ketones is 1. The van der Waals surface area contributed by atoms with Gasteiger partial charge in [0.1, 0.15) is 5.78 Å². The smallest absolute Gasteiger partial charge is 0.175 e. The van der Waals surface area contributed by atoms with Gasteiger partial charge in [-0.2, -0.15) is 0 Å². The molecule has 0 radical (unpaired) electrons. The first-order chi connectivity index (χ1) is 8.97. The molecule has 2 rings (SSSR count). The summed E-state index contributed by atoms with van der Waals surface area (Å²) in [5.41, 5.74) is 0. The second-order valence-corrected chi connectivity index (χ2v) is 8.04. The van der Waals surface area contributed by atoms with Gasteiger partial charge < -0.3 is 0 Å². The highest BCUT2D eigenvalue weighted by atomic mass is 32.2. The Kier molecular flexibility index (Phi) is 4.68. The maximum absolute atomic E-state index is 11.9. The monoisotopic (exact) mass is 298 g/mol. The van der Waals surface area contributed by atoms with Crippen LogP contribution in [0.3, 0.4) is 0 Å². The van der Waals surface area contributed by atoms with E-state index in [1.165, 1.54) is 30.9 Å². The van der Waals surface area contributed by atoms with Crippen molar-refractivity contribution in [1.82, 2.24) is 0 Å². The van der Waals surface area contributed by atoms with Crippen molar-refractivity contribution in [3.05, 3.63) is 24.3 Å². The van der Waals surface area contributed by atoms with Crippen molar-refractivity contribution in [2.75, 3.05) is 12.0 Å². The Hall–Kier alpha value is -0.810. The van der Waals surface area contributed by atoms with Gasteiger partial charge in [-0.3, -0.25) is 4.79 Å². The van der Waals surface area contributed by atoms with Gasteiger partial charge in [-0.25, -0.2) is 8.42 Å². The molecule has 0 bridgehead atoms. The molecule has 1 aliphatic rings. The number of Topliss-reactive ketones (excluding diaryl/α,β-unsaturated/α-hetero) is 1. The van der Waals surface area contributed by atoms with Crippen molar-refractivity contribution in [2.24, 2.45) is 5.92 Å². The van der Waals surface area contributed by atoms with Gasteiger partial charge in [-0.05, 0) is 37.1 Å². The highest BCUT2D eigenvalue weighted by Gasteiger charge is 2.22. The van der Waals surface area contributed by atoms with E-state index in [4.69, 9.17) is 0 Å². The standard InChI is InChI=1S/C14H18O3S2/c1-19(16,17)13-8-6-12(7-9-13)18-10-14(15)11-4-2-3-5-11/h6-9,11H,2-5,10H2,1H3. The number of rotatable bonds is 5. The molecule has 1 aromatic carbocycles. The Labute approximate surface area is 118 Å². The van der Waals surface area contributed by atoms with Gasteiger partial charge in [-0.15, -0.1) is 11.8 Å². The SMILES string of the molecule is CS(=O)(=O)c1ccc(SCC(=O)C2CCCC2)cc1. The lowest BCUT2D eigenvalue weighted by Crippen LogP contribution is -2.12. The molecule has 0 aromatic heterocycles. The van der Waals surface area contributed by atoms with E-state index in [1.807, 2.05) is 0 Å². The van der Waals surface area contributed by atoms with Crippen LogP contribution in [-0.4, -0.2) is 26.2 Å². The highest BCUT2D eigenvalue weighted by Crippen LogP contribution is 2.28. The summed E-state index contributed by atoms with van der Waals surface area (Å²) in [4.78, 5) is 13.2. The lowest BCUT2D eigenvalue weighted by molar-refractivity contribution is -0.120. The summed E-state index contributed by atoms with van der Waals surface area (Å²) in [5.74, 6) is 1.07. The molecule has 0 amide bonds. The lowest BCUT2D eigenvalue weighted by Gasteiger charge is -2.07. The zero-order chi connectivity index (χ0) is 13.9. The van der Waals surface area contributed by atoms with Crippen LogP contribution in [0.4, 0.5) is 0 Å². The largest absolute Gasteiger partial charge is 0.298 e. The first-order valence-corrected chi connectivity index (χ1v) is 9.30. The number of carbonyl (C=O) groups is 1. The second-order valence-electron chi connectivity index (χ2n) is 4.98. The van der Waals surface area contributed by atoms with Gasteiger partial charge in [0.05, 0.1) is 10.6 Å². The minimum Gasteiger partial charge on any atom is -0.298 e. The molecule has 1 aromatic rings. The predicted molar refractivity (Wildman–Crippen MR) is 77.2 cm³/mol. The maximum atomic E-state index is 11.9. The third-order valence-electron chi connectivity index (χ3n) is 3.44. The molecule has 0 unspecified atom stereocenters. The van der Waals surface area contributed by atoms with Gasteiger partial charge in [0.15, 0.2) is 9.84 Å². The van der Waals surface area contributed by atoms with Crippen LogP contribution in [0.1, 0.15) is 25.7 Å². The van der Waals surface area contributed by atoms with Crippen molar-refractivity contribution in [2.45, 2.75) is 35.5 Å². The summed E-state index contributed by atoms with van der Waals surface area (Å²) in [6.45, 7) is 0. The zero-order valence-corrected chi connectivity index (χ0v) is 12.6. The van der Waals surface area contributed by atoms with E-state index in [0.29, 0.717) is 16.4 Å². The van der Waals surface area contributed by atoms with Crippen LogP contribution in [0.25, 0.3) is 0 Å². The summed E-state index contributed by atoms with van der Waals surface area (Å²) < 4.78 is 22.6. The van der Waals surface area contributed by atoms with Gasteiger partial charge in [0, 0.05) is 17.1 Å². The molecular weight excluding hydrogens is 280 g/mol. The lowest BCUT2D eigenvalue weighted by atomic mass is 10.0. The van der Waals surface area contributed by atoms with E-state index in [2.05, 4.69) is 0 Å². The first kappa shape index (κ1) is 14.6. The maximum Gasteiger partial charge on any atom is 0.175 e. The molecule has 0 spiro atoms. The third kappa shape index (κ3) is 4.08. The average molecular weight is 298 g/mol. The molecular formula is C14H18O3S2. The van der Waals surface area contributed by atoms with Crippen LogP contribution in [0.5, 0.6) is 0 Å². The van der Waals surface area contributed by atoms with E-state index >= 15 is 0 Å². The van der Waals surface area contributed by atoms with Gasteiger partial charge >= 0.3 is 0 Å². The van der Waals surface area contributed by atoms with Crippen molar-refractivity contribution in [3.8, 4) is 0 Å². The van der Waals surface area contributed by atoms with Gasteiger partial charge in [0.25, 0.3) is 0 Å². The molecule has 3 nitrogen and oxygen atoms in total. The number of carbonyl (C=O) groups excluding carboxylic acids is 1. The van der Waals surface area contributed by atoms with E-state index in [1.54, 1.807) is 24.3 Å². The molecule has 104 valence electrons. The Bertz CT molecular complexity index is 541. The number of sulfone groups is 1. The minimum absolute atomic E-state index is 0.253. The Morgan fingerprint density at radius 3 is 2.32 bits per heavy atom. The number of hydrogen-bond acceptors (Lipinski definition) is 4. The van der Waals surface area contributed by atoms with Crippen LogP contribution in [0, 0.1) is 5.92 Å². The van der Waals surface area contributed by atoms with Crippen molar-refractivity contribution in [1.29, 1.82) is 0 Å². The molecule has 1 aliphatic carbocycles. The minimum atomic E-state index is -3.14. The molecule has 1 fully saturated rings. The molecule has 0 saturated heterocycles. The van der Waals surface area contributed by atoms with Crippen molar-refractivity contribution < 1.29 is 13.2 Å². The quantitative estimate of drug-likeness (QED) is 0.784. The molecule has 5 heteroatoms. The predicted octanol–water partition coefficient (Wildman–Crippen LogP) is 2.94. The van der Waals surface area contributed by atoms with Gasteiger partial charge in [0.2, 0.25) is 0 Å². The van der Waals surface area contributed by atoms with Crippen LogP contribution >= 0.6 is 11.8 Å². The van der Waals surface area contributed by atoms with E-state index < -0.39 is 9.84 Å². The number of hydrogen-bond donors (Lipinski definition) is 0. The summed E-state index contributed by atoms with van der Waals surface area (Å²) in [7, 11) is -3.14. The van der Waals surface area contributed by atoms with E-state index in [-0.39, 0.29) is 5.92 Å². The first-order valence-electron chi connectivity index (χ1n) is 6.42. The Balaban J connectivity index is 1.91. The van der Waals surface area contributed by atoms with E-state index in [9.17, 15) is 13.2 Å². The average Bonchev–Trinajstić information content (AvgIpc) is 2.89. The fraction of sp³-hybridized carbons (Fsp3) is 0.500. The van der Waals surface area contributed by atoms with Crippen LogP contribution < -0.4 is 0 Å². The summed E-state index contributed by atoms with van der Waals surface area (Å²) in [6, 6.07) is 6.72. The van der Waals surface area contributed by atoms with Crippen LogP contribution in [-0.2, 0) is 14.6 Å². The topological polar surface area (TPSA) is 51.2 Å². The Morgan fingerprint density at radius 1 is 1.21 bits per heavy atom. The highest BCUT2D eigenvalue weighted by molar-refractivity contribution is 8.00.